The maximum absolute atomic E-state index is 12.1. The number of pyridine rings is 1. The highest BCUT2D eigenvalue weighted by molar-refractivity contribution is 5.95. The predicted molar refractivity (Wildman–Crippen MR) is 112 cm³/mol. The summed E-state index contributed by atoms with van der Waals surface area (Å²) in [5, 5.41) is 4.13. The summed E-state index contributed by atoms with van der Waals surface area (Å²) in [6.07, 6.45) is 5.87. The summed E-state index contributed by atoms with van der Waals surface area (Å²) in [7, 11) is 1.66. The molecule has 1 amide bonds. The predicted octanol–water partition coefficient (Wildman–Crippen LogP) is 3.97. The molecular formula is C22H28N4O2. The Morgan fingerprint density at radius 2 is 2.11 bits per heavy atom. The standard InChI is InChI=1S/C22H28N4O2/c1-6-26-19-12-20(28-5)17(11-18(19)15(2)13-22(26,3)4)14-24-25-21(27)16-7-9-23-10-8-16/h7-12,14-15H,6,13H2,1-5H3,(H,25,27)/b24-14-. The van der Waals surface area contributed by atoms with E-state index in [2.05, 4.69) is 60.2 Å². The zero-order valence-corrected chi connectivity index (χ0v) is 17.2. The van der Waals surface area contributed by atoms with Crippen molar-refractivity contribution >= 4 is 17.8 Å². The van der Waals surface area contributed by atoms with E-state index >= 15 is 0 Å². The highest BCUT2D eigenvalue weighted by Gasteiger charge is 2.36. The molecule has 0 aliphatic carbocycles. The maximum Gasteiger partial charge on any atom is 0.271 e. The fourth-order valence-corrected chi connectivity index (χ4v) is 4.13. The Kier molecular flexibility index (Phi) is 5.68. The average Bonchev–Trinajstić information content (AvgIpc) is 2.68. The lowest BCUT2D eigenvalue weighted by molar-refractivity contribution is 0.0955. The summed E-state index contributed by atoms with van der Waals surface area (Å²) in [4.78, 5) is 18.5. The number of carbonyl (C=O) groups is 1. The molecule has 1 N–H and O–H groups in total. The molecule has 1 aromatic carbocycles. The largest absolute Gasteiger partial charge is 0.496 e. The molecule has 0 spiro atoms. The third-order valence-electron chi connectivity index (χ3n) is 5.37. The molecule has 0 radical (unpaired) electrons. The summed E-state index contributed by atoms with van der Waals surface area (Å²) in [6.45, 7) is 9.94. The van der Waals surface area contributed by atoms with Crippen molar-refractivity contribution in [2.45, 2.75) is 45.6 Å². The number of rotatable bonds is 5. The number of nitrogens with one attached hydrogen (secondary N) is 1. The van der Waals surface area contributed by atoms with Gasteiger partial charge in [-0.2, -0.15) is 5.10 Å². The first-order valence-corrected chi connectivity index (χ1v) is 9.60. The number of amides is 1. The van der Waals surface area contributed by atoms with E-state index in [0.29, 0.717) is 11.5 Å². The van der Waals surface area contributed by atoms with Gasteiger partial charge in [0.2, 0.25) is 0 Å². The molecule has 6 heteroatoms. The number of fused-ring (bicyclic) bond motifs is 1. The average molecular weight is 380 g/mol. The van der Waals surface area contributed by atoms with Gasteiger partial charge >= 0.3 is 0 Å². The number of hydrazone groups is 1. The molecule has 0 fully saturated rings. The van der Waals surface area contributed by atoms with Crippen LogP contribution in [0.5, 0.6) is 5.75 Å². The second-order valence-corrected chi connectivity index (χ2v) is 7.75. The monoisotopic (exact) mass is 380 g/mol. The summed E-state index contributed by atoms with van der Waals surface area (Å²) in [6, 6.07) is 7.50. The van der Waals surface area contributed by atoms with E-state index in [4.69, 9.17) is 4.74 Å². The first kappa shape index (κ1) is 19.9. The van der Waals surface area contributed by atoms with Gasteiger partial charge in [0.1, 0.15) is 5.75 Å². The van der Waals surface area contributed by atoms with Crippen molar-refractivity contribution < 1.29 is 9.53 Å². The summed E-state index contributed by atoms with van der Waals surface area (Å²) < 4.78 is 5.61. The summed E-state index contributed by atoms with van der Waals surface area (Å²) in [5.74, 6) is 0.893. The molecular weight excluding hydrogens is 352 g/mol. The SMILES string of the molecule is CCN1c2cc(OC)c(/C=N\NC(=O)c3ccncc3)cc2C(C)CC1(C)C. The fourth-order valence-electron chi connectivity index (χ4n) is 4.13. The molecule has 6 nitrogen and oxygen atoms in total. The molecule has 3 rings (SSSR count). The number of methoxy groups -OCH3 is 1. The molecule has 0 bridgehead atoms. The first-order chi connectivity index (χ1) is 13.4. The Morgan fingerprint density at radius 3 is 2.75 bits per heavy atom. The van der Waals surface area contributed by atoms with Crippen LogP contribution in [0.25, 0.3) is 0 Å². The van der Waals surface area contributed by atoms with Crippen LogP contribution in [0.1, 0.15) is 61.5 Å². The number of benzene rings is 1. The van der Waals surface area contributed by atoms with E-state index in [0.717, 1.165) is 24.3 Å². The van der Waals surface area contributed by atoms with Crippen molar-refractivity contribution in [1.29, 1.82) is 0 Å². The van der Waals surface area contributed by atoms with E-state index in [1.54, 1.807) is 37.9 Å². The fraction of sp³-hybridized carbons (Fsp3) is 0.409. The smallest absolute Gasteiger partial charge is 0.271 e. The molecule has 2 aromatic rings. The van der Waals surface area contributed by atoms with Crippen molar-refractivity contribution in [2.24, 2.45) is 5.10 Å². The van der Waals surface area contributed by atoms with Crippen LogP contribution >= 0.6 is 0 Å². The Hall–Kier alpha value is -2.89. The molecule has 1 aliphatic rings. The number of anilines is 1. The number of ether oxygens (including phenoxy) is 1. The minimum Gasteiger partial charge on any atom is -0.496 e. The van der Waals surface area contributed by atoms with Crippen LogP contribution in [0.15, 0.2) is 41.8 Å². The quantitative estimate of drug-likeness (QED) is 0.630. The Balaban J connectivity index is 1.88. The number of carbonyl (C=O) groups excluding carboxylic acids is 1. The highest BCUT2D eigenvalue weighted by Crippen LogP contribution is 2.45. The van der Waals surface area contributed by atoms with E-state index in [1.807, 2.05) is 0 Å². The first-order valence-electron chi connectivity index (χ1n) is 9.60. The Labute approximate surface area is 166 Å². The lowest BCUT2D eigenvalue weighted by Gasteiger charge is -2.47. The maximum atomic E-state index is 12.1. The van der Waals surface area contributed by atoms with E-state index in [1.165, 1.54) is 11.3 Å². The number of hydrogen-bond acceptors (Lipinski definition) is 5. The van der Waals surface area contributed by atoms with Gasteiger partial charge in [-0.3, -0.25) is 9.78 Å². The van der Waals surface area contributed by atoms with Crippen LogP contribution < -0.4 is 15.1 Å². The van der Waals surface area contributed by atoms with Gasteiger partial charge in [0.05, 0.1) is 13.3 Å². The van der Waals surface area contributed by atoms with Gasteiger partial charge in [-0.25, -0.2) is 5.43 Å². The minimum absolute atomic E-state index is 0.0975. The van der Waals surface area contributed by atoms with Crippen LogP contribution in [0.4, 0.5) is 5.69 Å². The molecule has 28 heavy (non-hydrogen) atoms. The van der Waals surface area contributed by atoms with Crippen LogP contribution in [0.2, 0.25) is 0 Å². The number of aromatic nitrogens is 1. The van der Waals surface area contributed by atoms with E-state index in [-0.39, 0.29) is 11.4 Å². The zero-order valence-electron chi connectivity index (χ0n) is 17.2. The highest BCUT2D eigenvalue weighted by atomic mass is 16.5. The van der Waals surface area contributed by atoms with Crippen LogP contribution in [-0.2, 0) is 0 Å². The second kappa shape index (κ2) is 8.00. The van der Waals surface area contributed by atoms with Gasteiger partial charge in [0.25, 0.3) is 5.91 Å². The van der Waals surface area contributed by atoms with Gasteiger partial charge < -0.3 is 9.64 Å². The van der Waals surface area contributed by atoms with Gasteiger partial charge in [0.15, 0.2) is 0 Å². The van der Waals surface area contributed by atoms with Crippen molar-refractivity contribution in [3.63, 3.8) is 0 Å². The second-order valence-electron chi connectivity index (χ2n) is 7.75. The van der Waals surface area contributed by atoms with E-state index < -0.39 is 0 Å². The Morgan fingerprint density at radius 1 is 1.39 bits per heavy atom. The van der Waals surface area contributed by atoms with Crippen molar-refractivity contribution in [3.8, 4) is 5.75 Å². The van der Waals surface area contributed by atoms with Gasteiger partial charge in [-0.05, 0) is 56.9 Å². The van der Waals surface area contributed by atoms with Gasteiger partial charge in [0, 0.05) is 47.4 Å². The summed E-state index contributed by atoms with van der Waals surface area (Å²) >= 11 is 0. The normalized spacial score (nSPS) is 18.0. The molecule has 2 heterocycles. The minimum atomic E-state index is -0.275. The van der Waals surface area contributed by atoms with Crippen LogP contribution in [-0.4, -0.2) is 36.3 Å². The lowest BCUT2D eigenvalue weighted by Crippen LogP contribution is -2.48. The molecule has 1 unspecified atom stereocenters. The molecule has 1 aromatic heterocycles. The summed E-state index contributed by atoms with van der Waals surface area (Å²) in [5.41, 5.74) is 6.51. The van der Waals surface area contributed by atoms with Crippen molar-refractivity contribution in [1.82, 2.24) is 10.4 Å². The third kappa shape index (κ3) is 3.86. The van der Waals surface area contributed by atoms with Crippen LogP contribution in [0, 0.1) is 0 Å². The molecule has 1 aliphatic heterocycles. The molecule has 0 saturated heterocycles. The zero-order chi connectivity index (χ0) is 20.3. The number of nitrogens with zero attached hydrogens (tertiary/aromatic N) is 3. The van der Waals surface area contributed by atoms with Gasteiger partial charge in [-0.15, -0.1) is 0 Å². The molecule has 148 valence electrons. The molecule has 0 saturated carbocycles. The van der Waals surface area contributed by atoms with Gasteiger partial charge in [-0.1, -0.05) is 6.92 Å². The Bertz CT molecular complexity index is 878. The van der Waals surface area contributed by atoms with Crippen molar-refractivity contribution in [3.05, 3.63) is 53.3 Å². The number of hydrogen-bond donors (Lipinski definition) is 1. The van der Waals surface area contributed by atoms with E-state index in [9.17, 15) is 4.79 Å². The molecule has 1 atom stereocenters. The third-order valence-corrected chi connectivity index (χ3v) is 5.37. The van der Waals surface area contributed by atoms with Crippen molar-refractivity contribution in [2.75, 3.05) is 18.6 Å². The topological polar surface area (TPSA) is 66.8 Å². The lowest BCUT2D eigenvalue weighted by atomic mass is 9.79. The van der Waals surface area contributed by atoms with Crippen LogP contribution in [0.3, 0.4) is 0 Å².